The molecule has 6 nitrogen and oxygen atoms in total. The van der Waals surface area contributed by atoms with Crippen LogP contribution in [0.3, 0.4) is 0 Å². The van der Waals surface area contributed by atoms with Crippen molar-refractivity contribution in [3.8, 4) is 17.2 Å². The third-order valence-corrected chi connectivity index (χ3v) is 3.45. The van der Waals surface area contributed by atoms with E-state index in [1.54, 1.807) is 7.11 Å². The number of nitrogens with zero attached hydrogens (tertiary/aromatic N) is 1. The van der Waals surface area contributed by atoms with E-state index in [1.807, 2.05) is 26.0 Å². The number of hydrogen-bond acceptors (Lipinski definition) is 5. The average Bonchev–Trinajstić information content (AvgIpc) is 2.90. The van der Waals surface area contributed by atoms with Crippen molar-refractivity contribution in [2.45, 2.75) is 32.9 Å². The highest BCUT2D eigenvalue weighted by Crippen LogP contribution is 2.42. The molecule has 0 saturated heterocycles. The molecule has 0 spiro atoms. The summed E-state index contributed by atoms with van der Waals surface area (Å²) in [5, 5.41) is 8.84. The highest BCUT2D eigenvalue weighted by molar-refractivity contribution is 5.66. The van der Waals surface area contributed by atoms with Gasteiger partial charge in [0, 0.05) is 19.1 Å². The number of hydrogen-bond donors (Lipinski definition) is 1. The van der Waals surface area contributed by atoms with E-state index in [0.717, 1.165) is 5.56 Å². The van der Waals surface area contributed by atoms with Crippen molar-refractivity contribution in [2.75, 3.05) is 20.4 Å². The Morgan fingerprint density at radius 3 is 2.81 bits per heavy atom. The number of aliphatic carboxylic acids is 1. The molecule has 0 bridgehead atoms. The smallest absolute Gasteiger partial charge is 0.304 e. The van der Waals surface area contributed by atoms with Crippen molar-refractivity contribution in [1.82, 2.24) is 4.90 Å². The summed E-state index contributed by atoms with van der Waals surface area (Å²) in [6.45, 7) is 5.43. The molecule has 0 atom stereocenters. The molecule has 0 saturated carbocycles. The second-order valence-electron chi connectivity index (χ2n) is 5.24. The van der Waals surface area contributed by atoms with Gasteiger partial charge in [0.15, 0.2) is 11.5 Å². The molecule has 1 heterocycles. The van der Waals surface area contributed by atoms with Crippen molar-refractivity contribution in [3.63, 3.8) is 0 Å². The van der Waals surface area contributed by atoms with Crippen LogP contribution in [0, 0.1) is 0 Å². The Hall–Kier alpha value is -1.95. The number of ether oxygens (including phenoxy) is 3. The number of fused-ring (bicyclic) bond motifs is 1. The molecule has 1 aromatic rings. The van der Waals surface area contributed by atoms with E-state index < -0.39 is 5.97 Å². The highest BCUT2D eigenvalue weighted by atomic mass is 16.7. The zero-order chi connectivity index (χ0) is 15.4. The maximum Gasteiger partial charge on any atom is 0.304 e. The van der Waals surface area contributed by atoms with Crippen molar-refractivity contribution < 1.29 is 24.1 Å². The minimum Gasteiger partial charge on any atom is -0.493 e. The third kappa shape index (κ3) is 3.78. The third-order valence-electron chi connectivity index (χ3n) is 3.45. The van der Waals surface area contributed by atoms with E-state index in [0.29, 0.717) is 30.3 Å². The van der Waals surface area contributed by atoms with Crippen LogP contribution in [0.2, 0.25) is 0 Å². The Bertz CT molecular complexity index is 515. The lowest BCUT2D eigenvalue weighted by molar-refractivity contribution is -0.137. The van der Waals surface area contributed by atoms with E-state index in [4.69, 9.17) is 19.3 Å². The lowest BCUT2D eigenvalue weighted by atomic mass is 10.1. The molecular formula is C15H21NO5. The Labute approximate surface area is 124 Å². The van der Waals surface area contributed by atoms with Gasteiger partial charge in [0.2, 0.25) is 12.5 Å². The van der Waals surface area contributed by atoms with Gasteiger partial charge in [0.1, 0.15) is 0 Å². The summed E-state index contributed by atoms with van der Waals surface area (Å²) in [4.78, 5) is 12.9. The monoisotopic (exact) mass is 295 g/mol. The summed E-state index contributed by atoms with van der Waals surface area (Å²) >= 11 is 0. The Morgan fingerprint density at radius 2 is 2.19 bits per heavy atom. The highest BCUT2D eigenvalue weighted by Gasteiger charge is 2.21. The van der Waals surface area contributed by atoms with E-state index in [1.165, 1.54) is 0 Å². The van der Waals surface area contributed by atoms with Gasteiger partial charge >= 0.3 is 5.97 Å². The van der Waals surface area contributed by atoms with Crippen LogP contribution in [0.5, 0.6) is 17.2 Å². The number of rotatable bonds is 7. The molecule has 1 N–H and O–H groups in total. The predicted molar refractivity (Wildman–Crippen MR) is 76.9 cm³/mol. The van der Waals surface area contributed by atoms with Crippen molar-refractivity contribution >= 4 is 5.97 Å². The molecule has 0 aromatic heterocycles. The normalized spacial score (nSPS) is 13.0. The van der Waals surface area contributed by atoms with Gasteiger partial charge in [-0.1, -0.05) is 0 Å². The standard InChI is InChI=1S/C15H21NO5/c1-10(2)16(5-4-14(17)18)8-11-6-12(19-3)15-13(7-11)20-9-21-15/h6-7,10H,4-5,8-9H2,1-3H3,(H,17,18). The summed E-state index contributed by atoms with van der Waals surface area (Å²) in [5.41, 5.74) is 1.01. The molecule has 21 heavy (non-hydrogen) atoms. The van der Waals surface area contributed by atoms with Crippen LogP contribution in [-0.2, 0) is 11.3 Å². The van der Waals surface area contributed by atoms with E-state index in [-0.39, 0.29) is 19.3 Å². The van der Waals surface area contributed by atoms with E-state index in [2.05, 4.69) is 4.90 Å². The molecule has 0 amide bonds. The van der Waals surface area contributed by atoms with Gasteiger partial charge in [-0.15, -0.1) is 0 Å². The second-order valence-corrected chi connectivity index (χ2v) is 5.24. The lowest BCUT2D eigenvalue weighted by Gasteiger charge is -2.26. The minimum absolute atomic E-state index is 0.125. The topological polar surface area (TPSA) is 68.2 Å². The van der Waals surface area contributed by atoms with Crippen LogP contribution in [-0.4, -0.2) is 42.5 Å². The summed E-state index contributed by atoms with van der Waals surface area (Å²) < 4.78 is 16.1. The van der Waals surface area contributed by atoms with Crippen LogP contribution < -0.4 is 14.2 Å². The molecule has 116 valence electrons. The molecule has 1 aliphatic rings. The second kappa shape index (κ2) is 6.67. The molecule has 1 aliphatic heterocycles. The summed E-state index contributed by atoms with van der Waals surface area (Å²) in [6, 6.07) is 4.07. The first-order valence-corrected chi connectivity index (χ1v) is 6.93. The van der Waals surface area contributed by atoms with Gasteiger partial charge in [0.05, 0.1) is 13.5 Å². The number of carboxylic acids is 1. The molecule has 0 radical (unpaired) electrons. The predicted octanol–water partition coefficient (Wildman–Crippen LogP) is 2.11. The van der Waals surface area contributed by atoms with Crippen LogP contribution >= 0.6 is 0 Å². The first-order valence-electron chi connectivity index (χ1n) is 6.93. The molecule has 6 heteroatoms. The number of carbonyl (C=O) groups is 1. The number of carboxylic acid groups (broad SMARTS) is 1. The molecule has 0 fully saturated rings. The molecular weight excluding hydrogens is 274 g/mol. The molecule has 0 aliphatic carbocycles. The minimum atomic E-state index is -0.788. The van der Waals surface area contributed by atoms with Crippen LogP contribution in [0.25, 0.3) is 0 Å². The fourth-order valence-electron chi connectivity index (χ4n) is 2.27. The molecule has 1 aromatic carbocycles. The summed E-state index contributed by atoms with van der Waals surface area (Å²) in [5.74, 6) is 1.15. The zero-order valence-corrected chi connectivity index (χ0v) is 12.6. The average molecular weight is 295 g/mol. The maximum atomic E-state index is 10.7. The fourth-order valence-corrected chi connectivity index (χ4v) is 2.27. The SMILES string of the molecule is COc1cc(CN(CCC(=O)O)C(C)C)cc2c1OCO2. The van der Waals surface area contributed by atoms with Crippen LogP contribution in [0.1, 0.15) is 25.8 Å². The van der Waals surface area contributed by atoms with Gasteiger partial charge < -0.3 is 19.3 Å². The Kier molecular flexibility index (Phi) is 4.90. The largest absolute Gasteiger partial charge is 0.493 e. The van der Waals surface area contributed by atoms with Gasteiger partial charge in [-0.05, 0) is 31.5 Å². The zero-order valence-electron chi connectivity index (χ0n) is 12.6. The fraction of sp³-hybridized carbons (Fsp3) is 0.533. The van der Waals surface area contributed by atoms with Crippen molar-refractivity contribution in [3.05, 3.63) is 17.7 Å². The van der Waals surface area contributed by atoms with Gasteiger partial charge in [0.25, 0.3) is 0 Å². The molecule has 0 unspecified atom stereocenters. The van der Waals surface area contributed by atoms with Gasteiger partial charge in [-0.2, -0.15) is 0 Å². The van der Waals surface area contributed by atoms with Crippen LogP contribution in [0.4, 0.5) is 0 Å². The maximum absolute atomic E-state index is 10.7. The van der Waals surface area contributed by atoms with Crippen molar-refractivity contribution in [2.24, 2.45) is 0 Å². The van der Waals surface area contributed by atoms with Crippen molar-refractivity contribution in [1.29, 1.82) is 0 Å². The first kappa shape index (κ1) is 15.4. The summed E-state index contributed by atoms with van der Waals surface area (Å²) in [6.07, 6.45) is 0.125. The van der Waals surface area contributed by atoms with E-state index in [9.17, 15) is 4.79 Å². The Morgan fingerprint density at radius 1 is 1.43 bits per heavy atom. The quantitative estimate of drug-likeness (QED) is 0.831. The number of benzene rings is 1. The lowest BCUT2D eigenvalue weighted by Crippen LogP contribution is -2.32. The van der Waals surface area contributed by atoms with Crippen LogP contribution in [0.15, 0.2) is 12.1 Å². The summed E-state index contributed by atoms with van der Waals surface area (Å²) in [7, 11) is 1.59. The molecule has 2 rings (SSSR count). The van der Waals surface area contributed by atoms with E-state index >= 15 is 0 Å². The Balaban J connectivity index is 2.15. The van der Waals surface area contributed by atoms with Gasteiger partial charge in [-0.25, -0.2) is 0 Å². The first-order chi connectivity index (χ1) is 10.0. The van der Waals surface area contributed by atoms with Gasteiger partial charge in [-0.3, -0.25) is 9.69 Å². The number of methoxy groups -OCH3 is 1.